The molecular weight excluding hydrogens is 152 g/mol. The molecule has 0 amide bonds. The molecule has 0 saturated heterocycles. The lowest BCUT2D eigenvalue weighted by Gasteiger charge is -2.17. The number of hydrogen-bond donors (Lipinski definition) is 1. The van der Waals surface area contributed by atoms with Crippen LogP contribution in [-0.4, -0.2) is 20.3 Å². The largest absolute Gasteiger partial charge is 0.326 e. The maximum Gasteiger partial charge on any atom is 0.138 e. The first-order valence-electron chi connectivity index (χ1n) is 4.11. The summed E-state index contributed by atoms with van der Waals surface area (Å²) in [5.41, 5.74) is 5.73. The summed E-state index contributed by atoms with van der Waals surface area (Å²) in [6.07, 6.45) is 3.39. The van der Waals surface area contributed by atoms with E-state index in [0.717, 1.165) is 18.7 Å². The first-order chi connectivity index (χ1) is 5.49. The predicted molar refractivity (Wildman–Crippen MR) is 47.6 cm³/mol. The van der Waals surface area contributed by atoms with Gasteiger partial charge in [0.2, 0.25) is 0 Å². The quantitative estimate of drug-likeness (QED) is 0.714. The zero-order chi connectivity index (χ0) is 9.19. The molecule has 0 saturated carbocycles. The summed E-state index contributed by atoms with van der Waals surface area (Å²) in [6.45, 7) is 4.03. The van der Waals surface area contributed by atoms with Gasteiger partial charge in [-0.2, -0.15) is 5.10 Å². The molecule has 0 unspecified atom stereocenters. The fourth-order valence-corrected chi connectivity index (χ4v) is 0.980. The van der Waals surface area contributed by atoms with Gasteiger partial charge in [-0.3, -0.25) is 4.68 Å². The van der Waals surface area contributed by atoms with E-state index in [4.69, 9.17) is 5.73 Å². The van der Waals surface area contributed by atoms with Gasteiger partial charge in [0.05, 0.1) is 0 Å². The average molecular weight is 168 g/mol. The summed E-state index contributed by atoms with van der Waals surface area (Å²) >= 11 is 0. The molecule has 0 aliphatic heterocycles. The number of nitrogens with zero attached hydrogens (tertiary/aromatic N) is 3. The Labute approximate surface area is 72.8 Å². The van der Waals surface area contributed by atoms with Gasteiger partial charge in [0.1, 0.15) is 12.2 Å². The van der Waals surface area contributed by atoms with Crippen molar-refractivity contribution in [2.24, 2.45) is 12.8 Å². The fraction of sp³-hybridized carbons (Fsp3) is 0.750. The highest BCUT2D eigenvalue weighted by atomic mass is 15.3. The van der Waals surface area contributed by atoms with E-state index in [1.807, 2.05) is 20.9 Å². The lowest BCUT2D eigenvalue weighted by molar-refractivity contribution is 0.465. The Morgan fingerprint density at radius 3 is 2.67 bits per heavy atom. The van der Waals surface area contributed by atoms with Gasteiger partial charge in [-0.1, -0.05) is 0 Å². The van der Waals surface area contributed by atoms with Crippen LogP contribution >= 0.6 is 0 Å². The second kappa shape index (κ2) is 3.23. The van der Waals surface area contributed by atoms with Gasteiger partial charge >= 0.3 is 0 Å². The minimum atomic E-state index is -0.119. The molecule has 0 aliphatic rings. The van der Waals surface area contributed by atoms with Gasteiger partial charge in [-0.05, 0) is 20.3 Å². The van der Waals surface area contributed by atoms with Gasteiger partial charge in [0, 0.05) is 19.0 Å². The minimum absolute atomic E-state index is 0.119. The SMILES string of the molecule is Cn1ncnc1CCC(C)(C)N. The Morgan fingerprint density at radius 2 is 2.25 bits per heavy atom. The number of rotatable bonds is 3. The first-order valence-corrected chi connectivity index (χ1v) is 4.11. The Bertz CT molecular complexity index is 246. The van der Waals surface area contributed by atoms with Crippen LogP contribution in [0.3, 0.4) is 0 Å². The highest BCUT2D eigenvalue weighted by Crippen LogP contribution is 2.07. The van der Waals surface area contributed by atoms with E-state index in [-0.39, 0.29) is 5.54 Å². The maximum absolute atomic E-state index is 5.84. The third-order valence-electron chi connectivity index (χ3n) is 1.80. The molecule has 1 aromatic heterocycles. The molecule has 0 aliphatic carbocycles. The molecule has 0 spiro atoms. The highest BCUT2D eigenvalue weighted by Gasteiger charge is 2.11. The van der Waals surface area contributed by atoms with Crippen LogP contribution in [-0.2, 0) is 13.5 Å². The zero-order valence-corrected chi connectivity index (χ0v) is 7.91. The molecule has 0 aromatic carbocycles. The second-order valence-electron chi connectivity index (χ2n) is 3.79. The monoisotopic (exact) mass is 168 g/mol. The Kier molecular flexibility index (Phi) is 2.47. The van der Waals surface area contributed by atoms with E-state index in [1.54, 1.807) is 11.0 Å². The van der Waals surface area contributed by atoms with Crippen molar-refractivity contribution in [3.63, 3.8) is 0 Å². The third kappa shape index (κ3) is 2.62. The second-order valence-corrected chi connectivity index (χ2v) is 3.79. The Hall–Kier alpha value is -0.900. The fourth-order valence-electron chi connectivity index (χ4n) is 0.980. The molecule has 12 heavy (non-hydrogen) atoms. The molecule has 1 heterocycles. The van der Waals surface area contributed by atoms with E-state index >= 15 is 0 Å². The van der Waals surface area contributed by atoms with Crippen molar-refractivity contribution in [3.05, 3.63) is 12.2 Å². The van der Waals surface area contributed by atoms with Crippen molar-refractivity contribution in [1.82, 2.24) is 14.8 Å². The van der Waals surface area contributed by atoms with Crippen LogP contribution in [0.15, 0.2) is 6.33 Å². The molecule has 1 rings (SSSR count). The number of hydrogen-bond acceptors (Lipinski definition) is 3. The molecule has 4 heteroatoms. The van der Waals surface area contributed by atoms with Crippen molar-refractivity contribution in [1.29, 1.82) is 0 Å². The van der Waals surface area contributed by atoms with Crippen molar-refractivity contribution in [3.8, 4) is 0 Å². The van der Waals surface area contributed by atoms with Crippen molar-refractivity contribution in [2.75, 3.05) is 0 Å². The molecule has 0 bridgehead atoms. The molecule has 68 valence electrons. The normalized spacial score (nSPS) is 12.0. The standard InChI is InChI=1S/C8H16N4/c1-8(2,9)5-4-7-10-6-11-12(7)3/h6H,4-5,9H2,1-3H3. The molecule has 1 aromatic rings. The molecular formula is C8H16N4. The van der Waals surface area contributed by atoms with Gasteiger partial charge in [-0.25, -0.2) is 4.98 Å². The van der Waals surface area contributed by atoms with E-state index in [1.165, 1.54) is 0 Å². The van der Waals surface area contributed by atoms with Crippen molar-refractivity contribution < 1.29 is 0 Å². The molecule has 2 N–H and O–H groups in total. The summed E-state index contributed by atoms with van der Waals surface area (Å²) in [4.78, 5) is 4.12. The maximum atomic E-state index is 5.84. The summed E-state index contributed by atoms with van der Waals surface area (Å²) in [6, 6.07) is 0. The van der Waals surface area contributed by atoms with Gasteiger partial charge in [0.25, 0.3) is 0 Å². The van der Waals surface area contributed by atoms with Gasteiger partial charge in [0.15, 0.2) is 0 Å². The van der Waals surface area contributed by atoms with Crippen LogP contribution in [0.5, 0.6) is 0 Å². The van der Waals surface area contributed by atoms with E-state index < -0.39 is 0 Å². The molecule has 0 radical (unpaired) electrons. The van der Waals surface area contributed by atoms with Gasteiger partial charge in [-0.15, -0.1) is 0 Å². The first kappa shape index (κ1) is 9.19. The molecule has 0 fully saturated rings. The zero-order valence-electron chi connectivity index (χ0n) is 7.91. The molecule has 4 nitrogen and oxygen atoms in total. The van der Waals surface area contributed by atoms with Crippen LogP contribution in [0.1, 0.15) is 26.1 Å². The summed E-state index contributed by atoms with van der Waals surface area (Å²) in [5.74, 6) is 0.994. The minimum Gasteiger partial charge on any atom is -0.326 e. The predicted octanol–water partition coefficient (Wildman–Crippen LogP) is 0.485. The third-order valence-corrected chi connectivity index (χ3v) is 1.80. The Morgan fingerprint density at radius 1 is 1.58 bits per heavy atom. The smallest absolute Gasteiger partial charge is 0.138 e. The summed E-state index contributed by atoms with van der Waals surface area (Å²) in [5, 5.41) is 3.98. The lowest BCUT2D eigenvalue weighted by atomic mass is 10.00. The molecule has 0 atom stereocenters. The van der Waals surface area contributed by atoms with Crippen LogP contribution in [0.4, 0.5) is 0 Å². The van der Waals surface area contributed by atoms with E-state index in [9.17, 15) is 0 Å². The van der Waals surface area contributed by atoms with E-state index in [0.29, 0.717) is 0 Å². The van der Waals surface area contributed by atoms with Crippen LogP contribution < -0.4 is 5.73 Å². The van der Waals surface area contributed by atoms with Crippen molar-refractivity contribution in [2.45, 2.75) is 32.2 Å². The number of aryl methyl sites for hydroxylation is 2. The van der Waals surface area contributed by atoms with Crippen LogP contribution in [0, 0.1) is 0 Å². The van der Waals surface area contributed by atoms with Crippen LogP contribution in [0.25, 0.3) is 0 Å². The average Bonchev–Trinajstić information content (AvgIpc) is 2.29. The summed E-state index contributed by atoms with van der Waals surface area (Å²) < 4.78 is 1.78. The van der Waals surface area contributed by atoms with E-state index in [2.05, 4.69) is 10.1 Å². The number of nitrogens with two attached hydrogens (primary N) is 1. The van der Waals surface area contributed by atoms with Crippen molar-refractivity contribution >= 4 is 0 Å². The topological polar surface area (TPSA) is 56.7 Å². The number of aromatic nitrogens is 3. The lowest BCUT2D eigenvalue weighted by Crippen LogP contribution is -2.32. The summed E-state index contributed by atoms with van der Waals surface area (Å²) in [7, 11) is 1.89. The van der Waals surface area contributed by atoms with Crippen LogP contribution in [0.2, 0.25) is 0 Å². The Balaban J connectivity index is 2.49. The van der Waals surface area contributed by atoms with Gasteiger partial charge < -0.3 is 5.73 Å². The highest BCUT2D eigenvalue weighted by molar-refractivity contribution is 4.87.